The van der Waals surface area contributed by atoms with Crippen LogP contribution in [-0.4, -0.2) is 26.6 Å². The van der Waals surface area contributed by atoms with E-state index in [0.717, 1.165) is 16.9 Å². The van der Waals surface area contributed by atoms with Crippen molar-refractivity contribution in [1.82, 2.24) is 9.55 Å². The maximum atomic E-state index is 12.5. The molecule has 3 aromatic rings. The Morgan fingerprint density at radius 1 is 1.31 bits per heavy atom. The van der Waals surface area contributed by atoms with E-state index in [4.69, 9.17) is 0 Å². The number of hydrogen-bond acceptors (Lipinski definition) is 5. The molecule has 0 atom stereocenters. The second-order valence-electron chi connectivity index (χ2n) is 5.84. The van der Waals surface area contributed by atoms with Gasteiger partial charge in [0.15, 0.2) is 0 Å². The van der Waals surface area contributed by atoms with E-state index in [1.54, 1.807) is 30.8 Å². The Morgan fingerprint density at radius 2 is 2.08 bits per heavy atom. The maximum Gasteiger partial charge on any atom is 0.274 e. The van der Waals surface area contributed by atoms with Crippen molar-refractivity contribution in [2.75, 3.05) is 11.6 Å². The summed E-state index contributed by atoms with van der Waals surface area (Å²) in [4.78, 5) is 27.7. The number of carbonyl (C=O) groups excluding carboxylic acids is 1. The molecular weight excluding hydrogens is 352 g/mol. The predicted molar refractivity (Wildman–Crippen MR) is 103 cm³/mol. The van der Waals surface area contributed by atoms with Gasteiger partial charge >= 0.3 is 0 Å². The summed E-state index contributed by atoms with van der Waals surface area (Å²) < 4.78 is 1.88. The van der Waals surface area contributed by atoms with Crippen LogP contribution in [0.3, 0.4) is 0 Å². The van der Waals surface area contributed by atoms with Gasteiger partial charge in [-0.05, 0) is 31.4 Å². The molecule has 0 radical (unpaired) electrons. The van der Waals surface area contributed by atoms with Crippen molar-refractivity contribution in [1.29, 1.82) is 0 Å². The Labute approximate surface area is 154 Å². The van der Waals surface area contributed by atoms with Gasteiger partial charge in [0.1, 0.15) is 12.4 Å². The number of para-hydroxylation sites is 2. The van der Waals surface area contributed by atoms with Crippen LogP contribution in [0.15, 0.2) is 42.5 Å². The van der Waals surface area contributed by atoms with Gasteiger partial charge in [-0.1, -0.05) is 18.2 Å². The number of aryl methyl sites for hydroxylation is 1. The smallest absolute Gasteiger partial charge is 0.274 e. The third kappa shape index (κ3) is 3.70. The SMILES string of the molecule is CSCc1nc2ccccc2n1CC(=O)Nc1ccc(C)c([N+](=O)[O-])c1. The number of amides is 1. The van der Waals surface area contributed by atoms with E-state index in [1.807, 2.05) is 35.1 Å². The first-order valence-corrected chi connectivity index (χ1v) is 9.37. The lowest BCUT2D eigenvalue weighted by Crippen LogP contribution is -2.20. The van der Waals surface area contributed by atoms with Crippen molar-refractivity contribution in [3.8, 4) is 0 Å². The molecule has 0 saturated carbocycles. The van der Waals surface area contributed by atoms with Gasteiger partial charge in [0, 0.05) is 17.3 Å². The van der Waals surface area contributed by atoms with Crippen LogP contribution in [0.2, 0.25) is 0 Å². The summed E-state index contributed by atoms with van der Waals surface area (Å²) in [6.07, 6.45) is 1.98. The molecular formula is C18H18N4O3S. The van der Waals surface area contributed by atoms with Crippen LogP contribution < -0.4 is 5.32 Å². The highest BCUT2D eigenvalue weighted by Gasteiger charge is 2.15. The molecule has 3 rings (SSSR count). The van der Waals surface area contributed by atoms with Gasteiger partial charge in [-0.25, -0.2) is 4.98 Å². The molecule has 0 aliphatic rings. The van der Waals surface area contributed by atoms with Crippen LogP contribution >= 0.6 is 11.8 Å². The first-order chi connectivity index (χ1) is 12.5. The highest BCUT2D eigenvalue weighted by atomic mass is 32.2. The average Bonchev–Trinajstić information content (AvgIpc) is 2.94. The van der Waals surface area contributed by atoms with Gasteiger partial charge in [0.2, 0.25) is 5.91 Å². The molecule has 0 aliphatic heterocycles. The third-order valence-corrected chi connectivity index (χ3v) is 4.55. The fourth-order valence-corrected chi connectivity index (χ4v) is 3.25. The number of carbonyl (C=O) groups is 1. The van der Waals surface area contributed by atoms with E-state index in [0.29, 0.717) is 17.0 Å². The fraction of sp³-hybridized carbons (Fsp3) is 0.222. The zero-order chi connectivity index (χ0) is 18.7. The van der Waals surface area contributed by atoms with Crippen molar-refractivity contribution in [3.05, 3.63) is 64.0 Å². The summed E-state index contributed by atoms with van der Waals surface area (Å²) in [5.41, 5.74) is 2.68. The number of aromatic nitrogens is 2. The summed E-state index contributed by atoms with van der Waals surface area (Å²) in [6, 6.07) is 12.3. The lowest BCUT2D eigenvalue weighted by Gasteiger charge is -2.10. The van der Waals surface area contributed by atoms with Gasteiger partial charge in [-0.3, -0.25) is 14.9 Å². The zero-order valence-corrected chi connectivity index (χ0v) is 15.2. The number of nitrogens with zero attached hydrogens (tertiary/aromatic N) is 3. The number of benzene rings is 2. The molecule has 8 heteroatoms. The number of nitro benzene ring substituents is 1. The minimum atomic E-state index is -0.453. The van der Waals surface area contributed by atoms with Crippen molar-refractivity contribution < 1.29 is 9.72 Å². The van der Waals surface area contributed by atoms with Crippen molar-refractivity contribution in [2.24, 2.45) is 0 Å². The lowest BCUT2D eigenvalue weighted by atomic mass is 10.2. The molecule has 0 spiro atoms. The molecule has 0 bridgehead atoms. The van der Waals surface area contributed by atoms with Gasteiger partial charge in [0.25, 0.3) is 5.69 Å². The number of thioether (sulfide) groups is 1. The van der Waals surface area contributed by atoms with E-state index in [2.05, 4.69) is 10.3 Å². The van der Waals surface area contributed by atoms with Gasteiger partial charge in [-0.15, -0.1) is 0 Å². The molecule has 1 amide bonds. The Kier molecular flexibility index (Phi) is 5.22. The van der Waals surface area contributed by atoms with Crippen LogP contribution in [0.25, 0.3) is 11.0 Å². The molecule has 7 nitrogen and oxygen atoms in total. The second kappa shape index (κ2) is 7.57. The van der Waals surface area contributed by atoms with E-state index >= 15 is 0 Å². The molecule has 134 valence electrons. The minimum absolute atomic E-state index is 0.0149. The number of hydrogen-bond donors (Lipinski definition) is 1. The standard InChI is InChI=1S/C18H18N4O3S/c1-12-7-8-13(9-16(12)22(24)25)19-18(23)10-21-15-6-4-3-5-14(15)20-17(21)11-26-2/h3-9H,10-11H2,1-2H3,(H,19,23). The topological polar surface area (TPSA) is 90.1 Å². The molecule has 2 aromatic carbocycles. The highest BCUT2D eigenvalue weighted by Crippen LogP contribution is 2.23. The number of fused-ring (bicyclic) bond motifs is 1. The normalized spacial score (nSPS) is 10.8. The molecule has 1 N–H and O–H groups in total. The third-order valence-electron chi connectivity index (χ3n) is 4.00. The zero-order valence-electron chi connectivity index (χ0n) is 14.4. The number of nitro groups is 1. The van der Waals surface area contributed by atoms with Crippen molar-refractivity contribution >= 4 is 40.1 Å². The molecule has 0 saturated heterocycles. The molecule has 0 fully saturated rings. The number of nitrogens with one attached hydrogen (secondary N) is 1. The maximum absolute atomic E-state index is 12.5. The molecule has 0 aliphatic carbocycles. The highest BCUT2D eigenvalue weighted by molar-refractivity contribution is 7.97. The minimum Gasteiger partial charge on any atom is -0.324 e. The van der Waals surface area contributed by atoms with Crippen LogP contribution in [-0.2, 0) is 17.1 Å². The van der Waals surface area contributed by atoms with Gasteiger partial charge < -0.3 is 9.88 Å². The summed E-state index contributed by atoms with van der Waals surface area (Å²) in [5.74, 6) is 1.26. The Balaban J connectivity index is 1.84. The monoisotopic (exact) mass is 370 g/mol. The summed E-state index contributed by atoms with van der Waals surface area (Å²) in [6.45, 7) is 1.76. The van der Waals surface area contributed by atoms with E-state index in [1.165, 1.54) is 6.07 Å². The summed E-state index contributed by atoms with van der Waals surface area (Å²) in [7, 11) is 0. The van der Waals surface area contributed by atoms with Crippen molar-refractivity contribution in [3.63, 3.8) is 0 Å². The van der Waals surface area contributed by atoms with E-state index in [9.17, 15) is 14.9 Å². The number of rotatable bonds is 6. The first kappa shape index (κ1) is 17.9. The van der Waals surface area contributed by atoms with E-state index in [-0.39, 0.29) is 18.1 Å². The lowest BCUT2D eigenvalue weighted by molar-refractivity contribution is -0.385. The molecule has 26 heavy (non-hydrogen) atoms. The number of imidazole rings is 1. The summed E-state index contributed by atoms with van der Waals surface area (Å²) in [5, 5.41) is 13.8. The molecule has 0 unspecified atom stereocenters. The fourth-order valence-electron chi connectivity index (χ4n) is 2.77. The van der Waals surface area contributed by atoms with Crippen LogP contribution in [0, 0.1) is 17.0 Å². The Morgan fingerprint density at radius 3 is 2.81 bits per heavy atom. The predicted octanol–water partition coefficient (Wildman–Crippen LogP) is 3.75. The summed E-state index contributed by atoms with van der Waals surface area (Å²) >= 11 is 1.63. The number of anilines is 1. The quantitative estimate of drug-likeness (QED) is 0.527. The Bertz CT molecular complexity index is 984. The van der Waals surface area contributed by atoms with Crippen molar-refractivity contribution in [2.45, 2.75) is 19.2 Å². The van der Waals surface area contributed by atoms with Crippen LogP contribution in [0.5, 0.6) is 0 Å². The molecule has 1 heterocycles. The van der Waals surface area contributed by atoms with E-state index < -0.39 is 4.92 Å². The Hall–Kier alpha value is -2.87. The van der Waals surface area contributed by atoms with Gasteiger partial charge in [-0.2, -0.15) is 11.8 Å². The van der Waals surface area contributed by atoms with Gasteiger partial charge in [0.05, 0.1) is 21.7 Å². The largest absolute Gasteiger partial charge is 0.324 e. The van der Waals surface area contributed by atoms with Crippen LogP contribution in [0.4, 0.5) is 11.4 Å². The van der Waals surface area contributed by atoms with Crippen LogP contribution in [0.1, 0.15) is 11.4 Å². The first-order valence-electron chi connectivity index (χ1n) is 7.97. The average molecular weight is 370 g/mol. The molecule has 1 aromatic heterocycles. The second-order valence-corrected chi connectivity index (χ2v) is 6.71.